The molecular weight excluding hydrogens is 310 g/mol. The number of nitrogens with zero attached hydrogens (tertiary/aromatic N) is 2. The fraction of sp³-hybridized carbons (Fsp3) is 0.538. The number of carbonyl (C=O) groups is 1. The molecule has 1 amide bonds. The van der Waals surface area contributed by atoms with Crippen LogP contribution in [0.1, 0.15) is 13.3 Å². The van der Waals surface area contributed by atoms with Crippen LogP contribution in [0.15, 0.2) is 27.6 Å². The van der Waals surface area contributed by atoms with E-state index in [9.17, 15) is 9.59 Å². The van der Waals surface area contributed by atoms with Gasteiger partial charge in [0.25, 0.3) is 5.56 Å². The molecule has 2 heterocycles. The molecule has 0 saturated carbocycles. The van der Waals surface area contributed by atoms with Crippen molar-refractivity contribution in [1.82, 2.24) is 9.47 Å². The van der Waals surface area contributed by atoms with Crippen molar-refractivity contribution in [2.75, 3.05) is 19.6 Å². The van der Waals surface area contributed by atoms with Crippen molar-refractivity contribution < 1.29 is 4.79 Å². The third kappa shape index (κ3) is 3.25. The number of rotatable bonds is 3. The summed E-state index contributed by atoms with van der Waals surface area (Å²) in [7, 11) is 0. The second kappa shape index (κ2) is 5.46. The molecule has 2 rings (SSSR count). The summed E-state index contributed by atoms with van der Waals surface area (Å²) in [6.07, 6.45) is 2.56. The number of carbonyl (C=O) groups excluding carboxylic acids is 1. The van der Waals surface area contributed by atoms with E-state index in [1.54, 1.807) is 17.2 Å². The summed E-state index contributed by atoms with van der Waals surface area (Å²) in [4.78, 5) is 25.6. The average Bonchev–Trinajstić information content (AvgIpc) is 2.77. The molecular formula is C13H18BrN3O2. The van der Waals surface area contributed by atoms with Crippen LogP contribution in [0.2, 0.25) is 0 Å². The number of halogens is 1. The summed E-state index contributed by atoms with van der Waals surface area (Å²) in [6.45, 7) is 4.14. The molecule has 0 radical (unpaired) electrons. The quantitative estimate of drug-likeness (QED) is 0.893. The number of likely N-dealkylation sites (tertiary alicyclic amines) is 1. The lowest BCUT2D eigenvalue weighted by Crippen LogP contribution is -2.37. The van der Waals surface area contributed by atoms with Gasteiger partial charge in [0.1, 0.15) is 6.54 Å². The molecule has 1 aliphatic heterocycles. The standard InChI is InChI=1S/C13H18BrN3O2/c1-13(8-15)4-5-16(9-13)12(19)7-17-6-10(14)2-3-11(17)18/h2-3,6H,4-5,7-9,15H2,1H3. The van der Waals surface area contributed by atoms with Gasteiger partial charge in [-0.25, -0.2) is 0 Å². The lowest BCUT2D eigenvalue weighted by atomic mass is 9.90. The summed E-state index contributed by atoms with van der Waals surface area (Å²) in [5.41, 5.74) is 5.57. The second-order valence-electron chi connectivity index (χ2n) is 5.39. The minimum absolute atomic E-state index is 0.0118. The summed E-state index contributed by atoms with van der Waals surface area (Å²) < 4.78 is 2.21. The molecule has 1 fully saturated rings. The van der Waals surface area contributed by atoms with Gasteiger partial charge in [-0.15, -0.1) is 0 Å². The molecule has 0 aromatic carbocycles. The maximum Gasteiger partial charge on any atom is 0.251 e. The lowest BCUT2D eigenvalue weighted by Gasteiger charge is -2.22. The number of aromatic nitrogens is 1. The number of pyridine rings is 1. The van der Waals surface area contributed by atoms with Crippen molar-refractivity contribution in [3.8, 4) is 0 Å². The lowest BCUT2D eigenvalue weighted by molar-refractivity contribution is -0.131. The van der Waals surface area contributed by atoms with Crippen LogP contribution in [0.4, 0.5) is 0 Å². The third-order valence-electron chi connectivity index (χ3n) is 3.66. The van der Waals surface area contributed by atoms with Crippen LogP contribution >= 0.6 is 15.9 Å². The minimum Gasteiger partial charge on any atom is -0.341 e. The zero-order valence-electron chi connectivity index (χ0n) is 10.9. The van der Waals surface area contributed by atoms with E-state index in [-0.39, 0.29) is 23.4 Å². The normalized spacial score (nSPS) is 22.8. The van der Waals surface area contributed by atoms with Gasteiger partial charge in [-0.05, 0) is 40.4 Å². The van der Waals surface area contributed by atoms with Crippen LogP contribution in [-0.4, -0.2) is 35.0 Å². The summed E-state index contributed by atoms with van der Waals surface area (Å²) in [5.74, 6) is -0.0302. The Labute approximate surface area is 120 Å². The van der Waals surface area contributed by atoms with Crippen molar-refractivity contribution in [2.24, 2.45) is 11.1 Å². The Morgan fingerprint density at radius 2 is 2.26 bits per heavy atom. The Morgan fingerprint density at radius 1 is 1.53 bits per heavy atom. The Hall–Kier alpha value is -1.14. The van der Waals surface area contributed by atoms with Crippen LogP contribution in [0, 0.1) is 5.41 Å². The second-order valence-corrected chi connectivity index (χ2v) is 6.31. The van der Waals surface area contributed by atoms with E-state index in [0.29, 0.717) is 13.1 Å². The van der Waals surface area contributed by atoms with Crippen molar-refractivity contribution in [2.45, 2.75) is 19.9 Å². The number of nitrogens with two attached hydrogens (primary N) is 1. The van der Waals surface area contributed by atoms with E-state index in [1.807, 2.05) is 0 Å². The van der Waals surface area contributed by atoms with Gasteiger partial charge in [0.2, 0.25) is 5.91 Å². The van der Waals surface area contributed by atoms with Crippen molar-refractivity contribution in [3.05, 3.63) is 33.2 Å². The Balaban J connectivity index is 2.06. The van der Waals surface area contributed by atoms with Gasteiger partial charge in [0.15, 0.2) is 0 Å². The van der Waals surface area contributed by atoms with Crippen molar-refractivity contribution in [1.29, 1.82) is 0 Å². The highest BCUT2D eigenvalue weighted by Gasteiger charge is 2.34. The molecule has 0 aliphatic carbocycles. The molecule has 1 aliphatic rings. The summed E-state index contributed by atoms with van der Waals surface area (Å²) in [6, 6.07) is 3.12. The van der Waals surface area contributed by atoms with Crippen LogP contribution in [0.25, 0.3) is 0 Å². The fourth-order valence-electron chi connectivity index (χ4n) is 2.27. The maximum atomic E-state index is 12.2. The first-order chi connectivity index (χ1) is 8.93. The van der Waals surface area contributed by atoms with E-state index >= 15 is 0 Å². The largest absolute Gasteiger partial charge is 0.341 e. The average molecular weight is 328 g/mol. The van der Waals surface area contributed by atoms with Crippen LogP contribution in [0.5, 0.6) is 0 Å². The van der Waals surface area contributed by atoms with E-state index in [2.05, 4.69) is 22.9 Å². The van der Waals surface area contributed by atoms with Crippen molar-refractivity contribution in [3.63, 3.8) is 0 Å². The zero-order chi connectivity index (χ0) is 14.0. The van der Waals surface area contributed by atoms with Gasteiger partial charge in [0, 0.05) is 29.8 Å². The highest BCUT2D eigenvalue weighted by molar-refractivity contribution is 9.10. The van der Waals surface area contributed by atoms with E-state index in [1.165, 1.54) is 10.6 Å². The third-order valence-corrected chi connectivity index (χ3v) is 4.13. The van der Waals surface area contributed by atoms with Gasteiger partial charge < -0.3 is 15.2 Å². The fourth-order valence-corrected chi connectivity index (χ4v) is 2.65. The van der Waals surface area contributed by atoms with Gasteiger partial charge in [-0.3, -0.25) is 9.59 Å². The zero-order valence-corrected chi connectivity index (χ0v) is 12.5. The predicted octanol–water partition coefficient (Wildman–Crippen LogP) is 0.808. The topological polar surface area (TPSA) is 68.3 Å². The first-order valence-corrected chi connectivity index (χ1v) is 7.07. The van der Waals surface area contributed by atoms with E-state index < -0.39 is 0 Å². The molecule has 1 aromatic heterocycles. The first-order valence-electron chi connectivity index (χ1n) is 6.27. The number of hydrogen-bond acceptors (Lipinski definition) is 3. The molecule has 104 valence electrons. The van der Waals surface area contributed by atoms with Crippen LogP contribution in [-0.2, 0) is 11.3 Å². The summed E-state index contributed by atoms with van der Waals surface area (Å²) >= 11 is 3.30. The van der Waals surface area contributed by atoms with Crippen molar-refractivity contribution >= 4 is 21.8 Å². The first kappa shape index (κ1) is 14.3. The molecule has 0 spiro atoms. The van der Waals surface area contributed by atoms with Gasteiger partial charge in [-0.2, -0.15) is 0 Å². The van der Waals surface area contributed by atoms with Gasteiger partial charge in [0.05, 0.1) is 0 Å². The van der Waals surface area contributed by atoms with E-state index in [4.69, 9.17) is 5.73 Å². The maximum absolute atomic E-state index is 12.2. The Morgan fingerprint density at radius 3 is 2.89 bits per heavy atom. The highest BCUT2D eigenvalue weighted by atomic mass is 79.9. The molecule has 6 heteroatoms. The smallest absolute Gasteiger partial charge is 0.251 e. The number of hydrogen-bond donors (Lipinski definition) is 1. The molecule has 1 aromatic rings. The monoisotopic (exact) mass is 327 g/mol. The molecule has 5 nitrogen and oxygen atoms in total. The molecule has 1 saturated heterocycles. The summed E-state index contributed by atoms with van der Waals surface area (Å²) in [5, 5.41) is 0. The molecule has 1 atom stereocenters. The predicted molar refractivity (Wildman–Crippen MR) is 76.8 cm³/mol. The minimum atomic E-state index is -0.169. The van der Waals surface area contributed by atoms with Crippen LogP contribution < -0.4 is 11.3 Å². The van der Waals surface area contributed by atoms with Gasteiger partial charge >= 0.3 is 0 Å². The Kier molecular flexibility index (Phi) is 4.10. The molecule has 1 unspecified atom stereocenters. The Bertz CT molecular complexity index is 543. The van der Waals surface area contributed by atoms with Gasteiger partial charge in [-0.1, -0.05) is 6.92 Å². The number of amides is 1. The highest BCUT2D eigenvalue weighted by Crippen LogP contribution is 2.28. The molecule has 19 heavy (non-hydrogen) atoms. The molecule has 2 N–H and O–H groups in total. The van der Waals surface area contributed by atoms with Crippen LogP contribution in [0.3, 0.4) is 0 Å². The van der Waals surface area contributed by atoms with E-state index in [0.717, 1.165) is 17.4 Å². The molecule has 0 bridgehead atoms. The SMILES string of the molecule is CC1(CN)CCN(C(=O)Cn2cc(Br)ccc2=O)C1.